The number of carbonyl (C=O) groups is 3. The Morgan fingerprint density at radius 2 is 1.94 bits per heavy atom. The molecule has 0 saturated heterocycles. The van der Waals surface area contributed by atoms with E-state index in [0.717, 1.165) is 18.4 Å². The summed E-state index contributed by atoms with van der Waals surface area (Å²) in [6, 6.07) is 10.8. The van der Waals surface area contributed by atoms with E-state index in [9.17, 15) is 14.4 Å². The number of carboxylic acid groups (broad SMARTS) is 1. The number of pyridine rings is 1. The molecule has 0 radical (unpaired) electrons. The highest BCUT2D eigenvalue weighted by atomic mass is 35.5. The third kappa shape index (κ3) is 7.48. The lowest BCUT2D eigenvalue weighted by molar-refractivity contribution is -0.733. The summed E-state index contributed by atoms with van der Waals surface area (Å²) in [6.45, 7) is 0.425. The minimum Gasteiger partial charge on any atom is -0.481 e. The van der Waals surface area contributed by atoms with Crippen molar-refractivity contribution in [2.45, 2.75) is 44.4 Å². The van der Waals surface area contributed by atoms with Crippen molar-refractivity contribution in [2.75, 3.05) is 26.7 Å². The van der Waals surface area contributed by atoms with Gasteiger partial charge in [0.05, 0.1) is 6.42 Å². The molecular formula is C25H32Cl2N3O5+. The maximum atomic E-state index is 13.1. The van der Waals surface area contributed by atoms with E-state index in [1.165, 1.54) is 6.38 Å². The molecule has 1 aliphatic carbocycles. The first kappa shape index (κ1) is 28.7. The van der Waals surface area contributed by atoms with Crippen molar-refractivity contribution in [2.24, 2.45) is 0 Å². The molecule has 190 valence electrons. The quantitative estimate of drug-likeness (QED) is 0.280. The van der Waals surface area contributed by atoms with Crippen molar-refractivity contribution in [3.05, 3.63) is 64.9 Å². The van der Waals surface area contributed by atoms with Crippen LogP contribution in [0, 0.1) is 0 Å². The maximum absolute atomic E-state index is 13.1. The summed E-state index contributed by atoms with van der Waals surface area (Å²) in [4.78, 5) is 37.9. The Balaban J connectivity index is 0.00000210. The van der Waals surface area contributed by atoms with E-state index in [2.05, 4.69) is 16.9 Å². The standard InChI is InChI=1S/C24H28ClN3O5.CH3Cl/c1-27(24(12-5-4-10-21(24)29)19-8-2-3-9-20(19)25)16-33-17-28-14-6-7-18(15-28)23(32)26-13-11-22(30)31;1-2/h2-3,6-9,14-15H,4-5,10-13,16-17H2,1H3,(H-,26,30,31,32);1H3/p+1. The van der Waals surface area contributed by atoms with E-state index in [4.69, 9.17) is 21.4 Å². The minimum atomic E-state index is -0.970. The molecule has 1 saturated carbocycles. The summed E-state index contributed by atoms with van der Waals surface area (Å²) < 4.78 is 7.61. The molecule has 1 heterocycles. The fourth-order valence-corrected chi connectivity index (χ4v) is 4.51. The zero-order valence-electron chi connectivity index (χ0n) is 20.0. The van der Waals surface area contributed by atoms with Crippen LogP contribution in [0.1, 0.15) is 48.0 Å². The van der Waals surface area contributed by atoms with Gasteiger partial charge in [-0.2, -0.15) is 4.57 Å². The number of ketones is 1. The minimum absolute atomic E-state index is 0.0580. The maximum Gasteiger partial charge on any atom is 0.305 e. The van der Waals surface area contributed by atoms with Crippen molar-refractivity contribution in [3.8, 4) is 0 Å². The first-order valence-electron chi connectivity index (χ1n) is 11.3. The normalized spacial score (nSPS) is 17.5. The van der Waals surface area contributed by atoms with Crippen LogP contribution in [0.3, 0.4) is 0 Å². The number of benzene rings is 1. The molecule has 1 aromatic heterocycles. The van der Waals surface area contributed by atoms with Gasteiger partial charge in [0, 0.05) is 30.4 Å². The van der Waals surface area contributed by atoms with Crippen LogP contribution in [0.5, 0.6) is 0 Å². The van der Waals surface area contributed by atoms with Crippen LogP contribution in [0.15, 0.2) is 48.8 Å². The van der Waals surface area contributed by atoms with Gasteiger partial charge in [0.25, 0.3) is 12.6 Å². The molecule has 0 aliphatic heterocycles. The number of rotatable bonds is 10. The molecule has 0 spiro atoms. The number of aromatic nitrogens is 1. The van der Waals surface area contributed by atoms with Crippen molar-refractivity contribution in [1.82, 2.24) is 10.2 Å². The molecule has 1 unspecified atom stereocenters. The molecule has 1 amide bonds. The first-order chi connectivity index (χ1) is 16.8. The fraction of sp³-hybridized carbons (Fsp3) is 0.440. The predicted molar refractivity (Wildman–Crippen MR) is 133 cm³/mol. The second-order valence-electron chi connectivity index (χ2n) is 8.14. The molecule has 3 rings (SSSR count). The average Bonchev–Trinajstić information content (AvgIpc) is 2.86. The Labute approximate surface area is 215 Å². The number of alkyl halides is 1. The van der Waals surface area contributed by atoms with E-state index < -0.39 is 11.5 Å². The molecule has 35 heavy (non-hydrogen) atoms. The summed E-state index contributed by atoms with van der Waals surface area (Å²) >= 11 is 11.1. The third-order valence-electron chi connectivity index (χ3n) is 5.89. The smallest absolute Gasteiger partial charge is 0.305 e. The van der Waals surface area contributed by atoms with Gasteiger partial charge in [-0.3, -0.25) is 19.3 Å². The Morgan fingerprint density at radius 1 is 1.20 bits per heavy atom. The highest BCUT2D eigenvalue weighted by molar-refractivity contribution is 6.31. The number of ether oxygens (including phenoxy) is 1. The highest BCUT2D eigenvalue weighted by Crippen LogP contribution is 2.42. The zero-order chi connectivity index (χ0) is 25.8. The third-order valence-corrected chi connectivity index (χ3v) is 6.22. The van der Waals surface area contributed by atoms with Gasteiger partial charge in [0.2, 0.25) is 0 Å². The van der Waals surface area contributed by atoms with Gasteiger partial charge in [-0.05, 0) is 37.6 Å². The Kier molecular flexibility index (Phi) is 11.6. The van der Waals surface area contributed by atoms with Gasteiger partial charge in [0.1, 0.15) is 17.8 Å². The number of Topliss-reactive ketones (excluding diaryl/α,β-unsaturated/α-hetero) is 1. The summed E-state index contributed by atoms with van der Waals surface area (Å²) in [7, 11) is 1.86. The highest BCUT2D eigenvalue weighted by Gasteiger charge is 2.46. The number of amides is 1. The average molecular weight is 525 g/mol. The molecule has 1 aliphatic rings. The zero-order valence-corrected chi connectivity index (χ0v) is 21.5. The second kappa shape index (κ2) is 14.1. The summed E-state index contributed by atoms with van der Waals surface area (Å²) in [5, 5.41) is 11.8. The molecule has 1 atom stereocenters. The Hall–Kier alpha value is -2.52. The lowest BCUT2D eigenvalue weighted by Crippen LogP contribution is -2.53. The number of hydrogen-bond acceptors (Lipinski definition) is 5. The summed E-state index contributed by atoms with van der Waals surface area (Å²) in [5.74, 6) is -1.18. The van der Waals surface area contributed by atoms with Gasteiger partial charge in [-0.1, -0.05) is 36.2 Å². The number of halogens is 2. The molecule has 10 heteroatoms. The Bertz CT molecular complexity index is 1020. The monoisotopic (exact) mass is 524 g/mol. The van der Waals surface area contributed by atoms with Gasteiger partial charge in [0.15, 0.2) is 18.2 Å². The van der Waals surface area contributed by atoms with Crippen LogP contribution in [0.2, 0.25) is 5.02 Å². The number of nitrogens with one attached hydrogen (secondary N) is 1. The van der Waals surface area contributed by atoms with Crippen LogP contribution < -0.4 is 9.88 Å². The molecule has 8 nitrogen and oxygen atoms in total. The molecule has 2 N–H and O–H groups in total. The molecule has 1 aromatic carbocycles. The largest absolute Gasteiger partial charge is 0.481 e. The number of carboxylic acids is 1. The molecular weight excluding hydrogens is 493 g/mol. The van der Waals surface area contributed by atoms with Crippen LogP contribution in [-0.4, -0.2) is 54.4 Å². The topological polar surface area (TPSA) is 99.8 Å². The number of hydrogen-bond donors (Lipinski definition) is 2. The van der Waals surface area contributed by atoms with Gasteiger partial charge in [-0.15, -0.1) is 11.6 Å². The molecule has 2 aromatic rings. The van der Waals surface area contributed by atoms with Gasteiger partial charge >= 0.3 is 5.97 Å². The van der Waals surface area contributed by atoms with Crippen molar-refractivity contribution in [1.29, 1.82) is 0 Å². The lowest BCUT2D eigenvalue weighted by atomic mass is 9.74. The SMILES string of the molecule is CCl.CN(COC[n+]1cccc(C(=O)NCCC(=O)O)c1)C1(c2ccccc2Cl)CCCCC1=O. The van der Waals surface area contributed by atoms with E-state index >= 15 is 0 Å². The first-order valence-corrected chi connectivity index (χ1v) is 12.4. The number of likely N-dealkylation sites (N-methyl/N-ethyl adjacent to an activating group) is 1. The predicted octanol–water partition coefficient (Wildman–Crippen LogP) is 3.59. The van der Waals surface area contributed by atoms with Crippen molar-refractivity contribution < 1.29 is 28.8 Å². The van der Waals surface area contributed by atoms with E-state index in [1.807, 2.05) is 30.1 Å². The van der Waals surface area contributed by atoms with Crippen LogP contribution in [-0.2, 0) is 26.6 Å². The summed E-state index contributed by atoms with van der Waals surface area (Å²) in [5.41, 5.74) is 0.373. The van der Waals surface area contributed by atoms with E-state index in [1.54, 1.807) is 35.2 Å². The van der Waals surface area contributed by atoms with E-state index in [0.29, 0.717) is 23.4 Å². The second-order valence-corrected chi connectivity index (χ2v) is 8.54. The van der Waals surface area contributed by atoms with Crippen LogP contribution >= 0.6 is 23.2 Å². The van der Waals surface area contributed by atoms with Crippen molar-refractivity contribution in [3.63, 3.8) is 0 Å². The number of nitrogens with zero attached hydrogens (tertiary/aromatic N) is 2. The summed E-state index contributed by atoms with van der Waals surface area (Å²) in [6.07, 6.45) is 7.71. The lowest BCUT2D eigenvalue weighted by Gasteiger charge is -2.43. The van der Waals surface area contributed by atoms with Crippen molar-refractivity contribution >= 4 is 40.9 Å². The molecule has 0 bridgehead atoms. The molecule has 1 fully saturated rings. The van der Waals surface area contributed by atoms with E-state index in [-0.39, 0.29) is 38.1 Å². The van der Waals surface area contributed by atoms with Crippen LogP contribution in [0.4, 0.5) is 0 Å². The van der Waals surface area contributed by atoms with Gasteiger partial charge < -0.3 is 15.2 Å². The van der Waals surface area contributed by atoms with Crippen LogP contribution in [0.25, 0.3) is 0 Å². The number of aliphatic carboxylic acids is 1. The van der Waals surface area contributed by atoms with Gasteiger partial charge in [-0.25, -0.2) is 0 Å². The number of carbonyl (C=O) groups excluding carboxylic acids is 2. The fourth-order valence-electron chi connectivity index (χ4n) is 4.22. The Morgan fingerprint density at radius 3 is 2.63 bits per heavy atom.